The normalized spacial score (nSPS) is 13.4. The highest BCUT2D eigenvalue weighted by molar-refractivity contribution is 5.78. The predicted octanol–water partition coefficient (Wildman–Crippen LogP) is 16.5. The lowest BCUT2D eigenvalue weighted by atomic mass is 10.0. The van der Waals surface area contributed by atoms with E-state index in [0.717, 1.165) is 57.8 Å². The van der Waals surface area contributed by atoms with Gasteiger partial charge in [0.2, 0.25) is 5.91 Å². The van der Waals surface area contributed by atoms with Gasteiger partial charge < -0.3 is 20.3 Å². The van der Waals surface area contributed by atoms with Crippen molar-refractivity contribution >= 4 is 11.9 Å². The summed E-state index contributed by atoms with van der Waals surface area (Å²) in [7, 11) is 0. The highest BCUT2D eigenvalue weighted by Gasteiger charge is 2.23. The van der Waals surface area contributed by atoms with E-state index in [0.29, 0.717) is 12.8 Å². The average molecular weight is 872 g/mol. The lowest BCUT2D eigenvalue weighted by Gasteiger charge is -2.23. The monoisotopic (exact) mass is 872 g/mol. The molecule has 0 rings (SSSR count). The van der Waals surface area contributed by atoms with E-state index in [1.54, 1.807) is 0 Å². The third kappa shape index (κ3) is 44.7. The molecule has 0 aliphatic rings. The van der Waals surface area contributed by atoms with E-state index in [1.807, 2.05) is 12.2 Å². The van der Waals surface area contributed by atoms with Crippen molar-refractivity contribution in [3.05, 3.63) is 36.5 Å². The number of aliphatic hydroxyl groups is 2. The number of nitrogens with one attached hydrogen (secondary N) is 1. The van der Waals surface area contributed by atoms with Gasteiger partial charge in [-0.2, -0.15) is 0 Å². The zero-order chi connectivity index (χ0) is 45.2. The number of amides is 1. The summed E-state index contributed by atoms with van der Waals surface area (Å²) in [6.45, 7) is 6.46. The molecule has 0 aliphatic heterocycles. The van der Waals surface area contributed by atoms with Gasteiger partial charge >= 0.3 is 5.97 Å². The molecular formula is C56H105NO5. The lowest BCUT2D eigenvalue weighted by Crippen LogP contribution is -2.46. The molecule has 0 spiro atoms. The van der Waals surface area contributed by atoms with Gasteiger partial charge in [-0.05, 0) is 63.9 Å². The van der Waals surface area contributed by atoms with Gasteiger partial charge in [-0.3, -0.25) is 9.59 Å². The molecule has 6 nitrogen and oxygen atoms in total. The Balaban J connectivity index is 4.55. The maximum Gasteiger partial charge on any atom is 0.306 e. The summed E-state index contributed by atoms with van der Waals surface area (Å²) in [4.78, 5) is 26.1. The molecule has 62 heavy (non-hydrogen) atoms. The van der Waals surface area contributed by atoms with Crippen molar-refractivity contribution < 1.29 is 24.5 Å². The van der Waals surface area contributed by atoms with Crippen LogP contribution in [0.15, 0.2) is 36.5 Å². The number of carbonyl (C=O) groups is 2. The molecule has 0 aliphatic carbocycles. The summed E-state index contributed by atoms with van der Waals surface area (Å²) in [5.74, 6) is -0.602. The molecule has 0 heterocycles. The van der Waals surface area contributed by atoms with Crippen LogP contribution in [-0.4, -0.2) is 46.9 Å². The molecule has 0 aromatic carbocycles. The Labute approximate surface area is 385 Å². The number of unbranched alkanes of at least 4 members (excludes halogenated alkanes) is 33. The van der Waals surface area contributed by atoms with Crippen LogP contribution < -0.4 is 5.32 Å². The van der Waals surface area contributed by atoms with Crippen LogP contribution in [0.4, 0.5) is 0 Å². The van der Waals surface area contributed by atoms with Gasteiger partial charge in [-0.25, -0.2) is 0 Å². The number of hydrogen-bond donors (Lipinski definition) is 3. The molecular weight excluding hydrogens is 767 g/mol. The molecule has 0 fully saturated rings. The Hall–Kier alpha value is -1.92. The standard InChI is InChI=1S/C56H105NO5/c1-4-7-10-13-16-19-22-24-26-27-28-29-31-34-37-40-43-46-49-56(61)62-52(47-44-41-38-35-32-21-18-15-12-9-6-3)50-55(60)57-53(51-58)54(59)48-45-42-39-36-33-30-25-23-20-17-14-11-8-5-2/h28-29,35,38,44,47,52-54,58-59H,4-27,30-34,36-37,39-43,45-46,48-51H2,1-3H3,(H,57,60)/b29-28+,38-35-,47-44+. The van der Waals surface area contributed by atoms with Crippen LogP contribution in [0, 0.1) is 0 Å². The minimum absolute atomic E-state index is 0.0293. The van der Waals surface area contributed by atoms with Gasteiger partial charge in [-0.1, -0.05) is 244 Å². The fourth-order valence-corrected chi connectivity index (χ4v) is 8.27. The zero-order valence-corrected chi connectivity index (χ0v) is 41.5. The summed E-state index contributed by atoms with van der Waals surface area (Å²) in [6, 6.07) is -0.732. The molecule has 3 atom stereocenters. The SMILES string of the molecule is CCCCCCCC/C=C\C/C=C/C(CC(=O)NC(CO)C(O)CCCCCCCCCCCCCCCC)OC(=O)CCCCCCC/C=C/CCCCCCCCCCC. The molecule has 364 valence electrons. The second kappa shape index (κ2) is 50.1. The largest absolute Gasteiger partial charge is 0.458 e. The first-order valence-corrected chi connectivity index (χ1v) is 27.2. The Morgan fingerprint density at radius 3 is 1.27 bits per heavy atom. The van der Waals surface area contributed by atoms with Gasteiger partial charge in [0.1, 0.15) is 6.10 Å². The van der Waals surface area contributed by atoms with Crippen LogP contribution in [0.1, 0.15) is 284 Å². The van der Waals surface area contributed by atoms with E-state index >= 15 is 0 Å². The molecule has 0 saturated carbocycles. The molecule has 3 N–H and O–H groups in total. The molecule has 0 radical (unpaired) electrons. The quantitative estimate of drug-likeness (QED) is 0.0321. The Kier molecular flexibility index (Phi) is 48.5. The van der Waals surface area contributed by atoms with Crippen molar-refractivity contribution in [1.82, 2.24) is 5.32 Å². The van der Waals surface area contributed by atoms with E-state index in [2.05, 4.69) is 50.4 Å². The molecule has 1 amide bonds. The Morgan fingerprint density at radius 2 is 0.855 bits per heavy atom. The van der Waals surface area contributed by atoms with Crippen molar-refractivity contribution in [2.75, 3.05) is 6.61 Å². The van der Waals surface area contributed by atoms with Gasteiger partial charge in [0, 0.05) is 6.42 Å². The topological polar surface area (TPSA) is 95.9 Å². The van der Waals surface area contributed by atoms with Gasteiger partial charge in [0.25, 0.3) is 0 Å². The number of esters is 1. The van der Waals surface area contributed by atoms with Crippen LogP contribution in [0.25, 0.3) is 0 Å². The first-order chi connectivity index (χ1) is 30.5. The maximum atomic E-state index is 13.2. The van der Waals surface area contributed by atoms with Crippen LogP contribution in [0.3, 0.4) is 0 Å². The zero-order valence-electron chi connectivity index (χ0n) is 41.5. The number of carbonyl (C=O) groups excluding carboxylic acids is 2. The maximum absolute atomic E-state index is 13.2. The van der Waals surface area contributed by atoms with Crippen LogP contribution in [0.5, 0.6) is 0 Å². The van der Waals surface area contributed by atoms with E-state index in [4.69, 9.17) is 4.74 Å². The summed E-state index contributed by atoms with van der Waals surface area (Å²) in [5, 5.41) is 23.7. The third-order valence-corrected chi connectivity index (χ3v) is 12.4. The fraction of sp³-hybridized carbons (Fsp3) is 0.857. The van der Waals surface area contributed by atoms with E-state index in [-0.39, 0.29) is 24.9 Å². The number of allylic oxidation sites excluding steroid dienone is 5. The summed E-state index contributed by atoms with van der Waals surface area (Å²) in [6.07, 6.45) is 59.6. The molecule has 0 bridgehead atoms. The Bertz CT molecular complexity index is 1020. The highest BCUT2D eigenvalue weighted by atomic mass is 16.5. The molecule has 0 aromatic heterocycles. The number of rotatable bonds is 49. The van der Waals surface area contributed by atoms with Crippen molar-refractivity contribution in [3.63, 3.8) is 0 Å². The molecule has 0 saturated heterocycles. The smallest absolute Gasteiger partial charge is 0.306 e. The summed E-state index contributed by atoms with van der Waals surface area (Å²) < 4.78 is 5.83. The molecule has 0 aromatic rings. The number of aliphatic hydroxyl groups excluding tert-OH is 2. The fourth-order valence-electron chi connectivity index (χ4n) is 8.27. The van der Waals surface area contributed by atoms with Crippen molar-refractivity contribution in [2.45, 2.75) is 302 Å². The first-order valence-electron chi connectivity index (χ1n) is 27.2. The molecule has 6 heteroatoms. The highest BCUT2D eigenvalue weighted by Crippen LogP contribution is 2.16. The third-order valence-electron chi connectivity index (χ3n) is 12.4. The van der Waals surface area contributed by atoms with E-state index < -0.39 is 18.2 Å². The molecule has 3 unspecified atom stereocenters. The number of hydrogen-bond acceptors (Lipinski definition) is 5. The van der Waals surface area contributed by atoms with Gasteiger partial charge in [0.05, 0.1) is 25.2 Å². The van der Waals surface area contributed by atoms with E-state index in [1.165, 1.54) is 186 Å². The number of ether oxygens (including phenoxy) is 1. The lowest BCUT2D eigenvalue weighted by molar-refractivity contribution is -0.148. The van der Waals surface area contributed by atoms with Crippen LogP contribution in [0.2, 0.25) is 0 Å². The average Bonchev–Trinajstić information content (AvgIpc) is 3.26. The summed E-state index contributed by atoms with van der Waals surface area (Å²) in [5.41, 5.74) is 0. The first kappa shape index (κ1) is 60.1. The minimum atomic E-state index is -0.810. The van der Waals surface area contributed by atoms with Crippen LogP contribution >= 0.6 is 0 Å². The van der Waals surface area contributed by atoms with E-state index in [9.17, 15) is 19.8 Å². The second-order valence-corrected chi connectivity index (χ2v) is 18.6. The second-order valence-electron chi connectivity index (χ2n) is 18.6. The van der Waals surface area contributed by atoms with Crippen molar-refractivity contribution in [2.24, 2.45) is 0 Å². The predicted molar refractivity (Wildman–Crippen MR) is 269 cm³/mol. The van der Waals surface area contributed by atoms with Gasteiger partial charge in [-0.15, -0.1) is 0 Å². The Morgan fingerprint density at radius 1 is 0.484 bits per heavy atom. The minimum Gasteiger partial charge on any atom is -0.458 e. The van der Waals surface area contributed by atoms with Crippen molar-refractivity contribution in [3.8, 4) is 0 Å². The van der Waals surface area contributed by atoms with Crippen LogP contribution in [-0.2, 0) is 14.3 Å². The summed E-state index contributed by atoms with van der Waals surface area (Å²) >= 11 is 0. The van der Waals surface area contributed by atoms with Crippen molar-refractivity contribution in [1.29, 1.82) is 0 Å². The van der Waals surface area contributed by atoms with Gasteiger partial charge in [0.15, 0.2) is 0 Å².